The summed E-state index contributed by atoms with van der Waals surface area (Å²) in [5.41, 5.74) is -1.03. The maximum absolute atomic E-state index is 11.3. The topological polar surface area (TPSA) is 35.5 Å². The Morgan fingerprint density at radius 3 is 1.46 bits per heavy atom. The predicted molar refractivity (Wildman–Crippen MR) is 51.7 cm³/mol. The normalized spacial score (nSPS) is 30.2. The van der Waals surface area contributed by atoms with E-state index in [0.29, 0.717) is 0 Å². The molecule has 3 nitrogen and oxygen atoms in total. The Bertz CT molecular complexity index is 221. The molecule has 0 amide bonds. The van der Waals surface area contributed by atoms with E-state index in [1.54, 1.807) is 0 Å². The van der Waals surface area contributed by atoms with Gasteiger partial charge in [-0.3, -0.25) is 0 Å². The molecule has 0 bridgehead atoms. The van der Waals surface area contributed by atoms with E-state index in [1.807, 2.05) is 27.7 Å². The molecule has 0 N–H and O–H groups in total. The molecule has 13 heavy (non-hydrogen) atoms. The summed E-state index contributed by atoms with van der Waals surface area (Å²) in [6, 6.07) is 0. The van der Waals surface area contributed by atoms with Gasteiger partial charge in [0.2, 0.25) is 0 Å². The zero-order chi connectivity index (χ0) is 10.5. The fraction of sp³-hybridized carbons (Fsp3) is 1.00. The van der Waals surface area contributed by atoms with Crippen molar-refractivity contribution < 1.29 is 13.6 Å². The van der Waals surface area contributed by atoms with Crippen LogP contribution >= 0.6 is 8.25 Å². The van der Waals surface area contributed by atoms with Gasteiger partial charge in [0.25, 0.3) is 0 Å². The van der Waals surface area contributed by atoms with Gasteiger partial charge in [0.1, 0.15) is 11.2 Å². The van der Waals surface area contributed by atoms with Gasteiger partial charge in [0.15, 0.2) is 0 Å². The van der Waals surface area contributed by atoms with Crippen LogP contribution < -0.4 is 0 Å². The van der Waals surface area contributed by atoms with Gasteiger partial charge in [-0.05, 0) is 27.7 Å². The minimum absolute atomic E-state index is 0.177. The minimum atomic E-state index is -1.98. The summed E-state index contributed by atoms with van der Waals surface area (Å²) >= 11 is 0. The second-order valence-electron chi connectivity index (χ2n) is 5.05. The maximum Gasteiger partial charge on any atom is 0.698 e. The van der Waals surface area contributed by atoms with E-state index >= 15 is 0 Å². The third kappa shape index (κ3) is 1.54. The summed E-state index contributed by atoms with van der Waals surface area (Å²) in [6.45, 7) is 11.9. The predicted octanol–water partition coefficient (Wildman–Crippen LogP) is 3.27. The highest BCUT2D eigenvalue weighted by Gasteiger charge is 2.62. The Balaban J connectivity index is 3.10. The van der Waals surface area contributed by atoms with Crippen molar-refractivity contribution in [2.24, 2.45) is 5.41 Å². The Labute approximate surface area is 80.8 Å². The van der Waals surface area contributed by atoms with E-state index < -0.39 is 19.5 Å². The van der Waals surface area contributed by atoms with Crippen molar-refractivity contribution >= 4 is 8.25 Å². The Morgan fingerprint density at radius 1 is 0.846 bits per heavy atom. The summed E-state index contributed by atoms with van der Waals surface area (Å²) < 4.78 is 21.9. The average Bonchev–Trinajstić information content (AvgIpc) is 1.80. The second-order valence-corrected chi connectivity index (χ2v) is 5.86. The van der Waals surface area contributed by atoms with E-state index in [-0.39, 0.29) is 5.41 Å². The molecule has 1 rings (SSSR count). The van der Waals surface area contributed by atoms with E-state index in [4.69, 9.17) is 9.05 Å². The van der Waals surface area contributed by atoms with E-state index in [0.717, 1.165) is 0 Å². The van der Waals surface area contributed by atoms with Crippen molar-refractivity contribution in [2.75, 3.05) is 0 Å². The lowest BCUT2D eigenvalue weighted by molar-refractivity contribution is -0.162. The summed E-state index contributed by atoms with van der Waals surface area (Å²) in [5.74, 6) is 0. The summed E-state index contributed by atoms with van der Waals surface area (Å²) in [7, 11) is -1.98. The second kappa shape index (κ2) is 2.75. The molecular weight excluding hydrogens is 187 g/mol. The van der Waals surface area contributed by atoms with Crippen LogP contribution in [0, 0.1) is 5.41 Å². The highest BCUT2D eigenvalue weighted by atomic mass is 31.1. The van der Waals surface area contributed by atoms with E-state index in [2.05, 4.69) is 13.8 Å². The zero-order valence-electron chi connectivity index (χ0n) is 9.17. The standard InChI is InChI=1S/C9H18O3P/c1-7(2)8(3,4)11-13(10)12-9(7,5)6/h1-6H3/q+1. The van der Waals surface area contributed by atoms with Crippen LogP contribution in [0.25, 0.3) is 0 Å². The highest BCUT2D eigenvalue weighted by molar-refractivity contribution is 7.33. The number of rotatable bonds is 0. The molecule has 0 saturated carbocycles. The molecule has 0 aromatic carbocycles. The molecule has 0 aromatic rings. The molecule has 0 unspecified atom stereocenters. The average molecular weight is 205 g/mol. The zero-order valence-corrected chi connectivity index (χ0v) is 10.1. The van der Waals surface area contributed by atoms with Gasteiger partial charge in [-0.1, -0.05) is 13.8 Å². The van der Waals surface area contributed by atoms with Crippen LogP contribution in [0.5, 0.6) is 0 Å². The molecular formula is C9H18O3P+. The molecule has 76 valence electrons. The lowest BCUT2D eigenvalue weighted by atomic mass is 9.66. The fourth-order valence-electron chi connectivity index (χ4n) is 1.34. The van der Waals surface area contributed by atoms with Gasteiger partial charge < -0.3 is 0 Å². The number of hydrogen-bond acceptors (Lipinski definition) is 3. The van der Waals surface area contributed by atoms with E-state index in [9.17, 15) is 4.57 Å². The molecule has 4 heteroatoms. The van der Waals surface area contributed by atoms with Gasteiger partial charge in [-0.15, -0.1) is 9.05 Å². The van der Waals surface area contributed by atoms with Crippen LogP contribution in [0.15, 0.2) is 0 Å². The monoisotopic (exact) mass is 205 g/mol. The first-order valence-corrected chi connectivity index (χ1v) is 5.55. The van der Waals surface area contributed by atoms with Crippen LogP contribution in [-0.2, 0) is 13.6 Å². The van der Waals surface area contributed by atoms with Crippen molar-refractivity contribution in [3.8, 4) is 0 Å². The van der Waals surface area contributed by atoms with Crippen LogP contribution in [0.4, 0.5) is 0 Å². The van der Waals surface area contributed by atoms with Crippen LogP contribution in [0.1, 0.15) is 41.5 Å². The summed E-state index contributed by atoms with van der Waals surface area (Å²) in [6.07, 6.45) is 0. The Kier molecular flexibility index (Phi) is 2.35. The minimum Gasteiger partial charge on any atom is -0.112 e. The van der Waals surface area contributed by atoms with Gasteiger partial charge in [-0.2, -0.15) is 0 Å². The van der Waals surface area contributed by atoms with Crippen molar-refractivity contribution in [1.82, 2.24) is 0 Å². The third-order valence-corrected chi connectivity index (χ3v) is 4.83. The van der Waals surface area contributed by atoms with Gasteiger partial charge in [-0.25, -0.2) is 0 Å². The van der Waals surface area contributed by atoms with Crippen molar-refractivity contribution in [1.29, 1.82) is 0 Å². The van der Waals surface area contributed by atoms with Crippen molar-refractivity contribution in [3.05, 3.63) is 0 Å². The van der Waals surface area contributed by atoms with Crippen LogP contribution in [-0.4, -0.2) is 11.2 Å². The molecule has 0 aromatic heterocycles. The van der Waals surface area contributed by atoms with Gasteiger partial charge in [0, 0.05) is 9.98 Å². The van der Waals surface area contributed by atoms with Crippen LogP contribution in [0.3, 0.4) is 0 Å². The lowest BCUT2D eigenvalue weighted by Crippen LogP contribution is -2.57. The Hall–Kier alpha value is 0.0200. The molecule has 0 spiro atoms. The fourth-order valence-corrected chi connectivity index (χ4v) is 2.58. The first-order valence-electron chi connectivity index (χ1n) is 4.46. The van der Waals surface area contributed by atoms with Gasteiger partial charge >= 0.3 is 8.25 Å². The molecule has 0 atom stereocenters. The molecule has 0 radical (unpaired) electrons. The van der Waals surface area contributed by atoms with E-state index in [1.165, 1.54) is 0 Å². The number of hydrogen-bond donors (Lipinski definition) is 0. The maximum atomic E-state index is 11.3. The smallest absolute Gasteiger partial charge is 0.112 e. The third-order valence-electron chi connectivity index (χ3n) is 3.62. The largest absolute Gasteiger partial charge is 0.698 e. The molecule has 1 fully saturated rings. The van der Waals surface area contributed by atoms with Crippen molar-refractivity contribution in [2.45, 2.75) is 52.7 Å². The van der Waals surface area contributed by atoms with Crippen molar-refractivity contribution in [3.63, 3.8) is 0 Å². The van der Waals surface area contributed by atoms with Gasteiger partial charge in [0.05, 0.1) is 0 Å². The Morgan fingerprint density at radius 2 is 1.15 bits per heavy atom. The quantitative estimate of drug-likeness (QED) is 0.569. The first kappa shape index (κ1) is 11.1. The van der Waals surface area contributed by atoms with Crippen LogP contribution in [0.2, 0.25) is 0 Å². The molecule has 1 saturated heterocycles. The first-order chi connectivity index (χ1) is 5.60. The lowest BCUT2D eigenvalue weighted by Gasteiger charge is -2.47. The summed E-state index contributed by atoms with van der Waals surface area (Å²) in [5, 5.41) is 0. The SMILES string of the molecule is CC1(C)O[P+](=O)OC(C)(C)C1(C)C. The molecule has 0 aliphatic carbocycles. The molecule has 1 heterocycles. The molecule has 1 aliphatic heterocycles. The highest BCUT2D eigenvalue weighted by Crippen LogP contribution is 2.56. The summed E-state index contributed by atoms with van der Waals surface area (Å²) in [4.78, 5) is 0. The molecule has 1 aliphatic rings.